The van der Waals surface area contributed by atoms with E-state index >= 15 is 0 Å². The van der Waals surface area contributed by atoms with E-state index in [0.29, 0.717) is 0 Å². The van der Waals surface area contributed by atoms with Crippen LogP contribution in [0, 0.1) is 10.1 Å². The molecule has 1 saturated heterocycles. The van der Waals surface area contributed by atoms with Gasteiger partial charge in [-0.1, -0.05) is 30.3 Å². The monoisotopic (exact) mass is 298 g/mol. The van der Waals surface area contributed by atoms with Gasteiger partial charge in [0.1, 0.15) is 0 Å². The maximum Gasteiger partial charge on any atom is 0.363 e. The van der Waals surface area contributed by atoms with Crippen LogP contribution in [-0.2, 0) is 6.54 Å². The number of hydrogen-bond donors (Lipinski definition) is 0. The number of piperazine rings is 1. The highest BCUT2D eigenvalue weighted by Crippen LogP contribution is 2.18. The van der Waals surface area contributed by atoms with Crippen molar-refractivity contribution < 1.29 is 4.92 Å². The first-order valence-electron chi connectivity index (χ1n) is 7.34. The van der Waals surface area contributed by atoms with Gasteiger partial charge in [-0.25, -0.2) is 0 Å². The minimum Gasteiger partial charge on any atom is -0.366 e. The Balaban J connectivity index is 1.56. The van der Waals surface area contributed by atoms with Crippen LogP contribution in [0.4, 0.5) is 11.5 Å². The van der Waals surface area contributed by atoms with Crippen LogP contribution in [0.3, 0.4) is 0 Å². The van der Waals surface area contributed by atoms with Gasteiger partial charge in [-0.15, -0.1) is 0 Å². The van der Waals surface area contributed by atoms with E-state index < -0.39 is 4.92 Å². The highest BCUT2D eigenvalue weighted by Gasteiger charge is 2.19. The van der Waals surface area contributed by atoms with Crippen LogP contribution in [0.1, 0.15) is 5.56 Å². The molecular formula is C16H18N4O2. The van der Waals surface area contributed by atoms with E-state index in [9.17, 15) is 10.1 Å². The first-order valence-corrected chi connectivity index (χ1v) is 7.34. The number of hydrogen-bond acceptors (Lipinski definition) is 5. The third-order valence-electron chi connectivity index (χ3n) is 3.91. The number of benzene rings is 1. The van der Waals surface area contributed by atoms with Gasteiger partial charge in [0.05, 0.1) is 5.69 Å². The summed E-state index contributed by atoms with van der Waals surface area (Å²) in [4.78, 5) is 18.7. The standard InChI is InChI=1S/C16H18N4O2/c21-20(22)16-7-6-15(12-17-16)19-10-8-18(9-11-19)13-14-4-2-1-3-5-14/h1-7,12H,8-11,13H2. The minimum absolute atomic E-state index is 0.105. The molecule has 0 N–H and O–H groups in total. The number of aromatic nitrogens is 1. The molecule has 1 aromatic heterocycles. The smallest absolute Gasteiger partial charge is 0.363 e. The van der Waals surface area contributed by atoms with Crippen LogP contribution in [0.5, 0.6) is 0 Å². The quantitative estimate of drug-likeness (QED) is 0.640. The lowest BCUT2D eigenvalue weighted by molar-refractivity contribution is -0.389. The molecule has 0 amide bonds. The summed E-state index contributed by atoms with van der Waals surface area (Å²) in [5, 5.41) is 10.6. The van der Waals surface area contributed by atoms with Crippen LogP contribution >= 0.6 is 0 Å². The fraction of sp³-hybridized carbons (Fsp3) is 0.312. The molecule has 1 fully saturated rings. The average Bonchev–Trinajstić information content (AvgIpc) is 2.57. The normalized spacial score (nSPS) is 15.7. The second-order valence-electron chi connectivity index (χ2n) is 5.38. The fourth-order valence-corrected chi connectivity index (χ4v) is 2.68. The van der Waals surface area contributed by atoms with Gasteiger partial charge in [-0.3, -0.25) is 4.90 Å². The second-order valence-corrected chi connectivity index (χ2v) is 5.38. The number of nitro groups is 1. The molecular weight excluding hydrogens is 280 g/mol. The minimum atomic E-state index is -0.471. The van der Waals surface area contributed by atoms with Gasteiger partial charge >= 0.3 is 5.82 Å². The van der Waals surface area contributed by atoms with Crippen molar-refractivity contribution in [3.05, 3.63) is 64.3 Å². The predicted octanol–water partition coefficient (Wildman–Crippen LogP) is 2.31. The number of rotatable bonds is 4. The molecule has 0 aliphatic carbocycles. The van der Waals surface area contributed by atoms with E-state index in [0.717, 1.165) is 38.4 Å². The molecule has 22 heavy (non-hydrogen) atoms. The van der Waals surface area contributed by atoms with Crippen LogP contribution in [0.2, 0.25) is 0 Å². The lowest BCUT2D eigenvalue weighted by Gasteiger charge is -2.35. The second kappa shape index (κ2) is 6.53. The highest BCUT2D eigenvalue weighted by molar-refractivity contribution is 5.46. The van der Waals surface area contributed by atoms with E-state index in [1.54, 1.807) is 12.3 Å². The van der Waals surface area contributed by atoms with Gasteiger partial charge in [-0.05, 0) is 21.5 Å². The maximum absolute atomic E-state index is 10.6. The Hall–Kier alpha value is -2.47. The zero-order chi connectivity index (χ0) is 15.4. The Bertz CT molecular complexity index is 622. The first-order chi connectivity index (χ1) is 10.7. The molecule has 1 aliphatic rings. The van der Waals surface area contributed by atoms with Crippen LogP contribution in [-0.4, -0.2) is 41.0 Å². The summed E-state index contributed by atoms with van der Waals surface area (Å²) < 4.78 is 0. The summed E-state index contributed by atoms with van der Waals surface area (Å²) in [6, 6.07) is 13.7. The van der Waals surface area contributed by atoms with Gasteiger partial charge in [-0.2, -0.15) is 0 Å². The summed E-state index contributed by atoms with van der Waals surface area (Å²) in [5.74, 6) is -0.105. The summed E-state index contributed by atoms with van der Waals surface area (Å²) >= 11 is 0. The van der Waals surface area contributed by atoms with Crippen molar-refractivity contribution >= 4 is 11.5 Å². The van der Waals surface area contributed by atoms with Gasteiger partial charge in [0.25, 0.3) is 0 Å². The SMILES string of the molecule is O=[N+]([O-])c1ccc(N2CCN(Cc3ccccc3)CC2)cn1. The molecule has 0 radical (unpaired) electrons. The van der Waals surface area contributed by atoms with E-state index in [-0.39, 0.29) is 5.82 Å². The van der Waals surface area contributed by atoms with Crippen LogP contribution in [0.15, 0.2) is 48.7 Å². The number of nitrogens with zero attached hydrogens (tertiary/aromatic N) is 4. The van der Waals surface area contributed by atoms with Crippen LogP contribution in [0.25, 0.3) is 0 Å². The summed E-state index contributed by atoms with van der Waals surface area (Å²) in [5.41, 5.74) is 2.28. The molecule has 2 heterocycles. The lowest BCUT2D eigenvalue weighted by atomic mass is 10.2. The van der Waals surface area contributed by atoms with Crippen molar-refractivity contribution in [1.29, 1.82) is 0 Å². The van der Waals surface area contributed by atoms with E-state index in [4.69, 9.17) is 0 Å². The molecule has 0 bridgehead atoms. The van der Waals surface area contributed by atoms with E-state index in [1.165, 1.54) is 11.6 Å². The first kappa shape index (κ1) is 14.5. The summed E-state index contributed by atoms with van der Waals surface area (Å²) in [6.45, 7) is 4.74. The molecule has 1 aromatic carbocycles. The molecule has 0 atom stereocenters. The molecule has 0 spiro atoms. The lowest BCUT2D eigenvalue weighted by Crippen LogP contribution is -2.46. The molecule has 6 heteroatoms. The molecule has 0 unspecified atom stereocenters. The number of pyridine rings is 1. The molecule has 114 valence electrons. The molecule has 0 saturated carbocycles. The zero-order valence-corrected chi connectivity index (χ0v) is 12.3. The Morgan fingerprint density at radius 2 is 1.77 bits per heavy atom. The van der Waals surface area contributed by atoms with Crippen molar-refractivity contribution in [3.63, 3.8) is 0 Å². The molecule has 1 aliphatic heterocycles. The van der Waals surface area contributed by atoms with Gasteiger partial charge in [0, 0.05) is 38.8 Å². The molecule has 6 nitrogen and oxygen atoms in total. The Morgan fingerprint density at radius 3 is 2.36 bits per heavy atom. The topological polar surface area (TPSA) is 62.5 Å². The van der Waals surface area contributed by atoms with Crippen molar-refractivity contribution in [2.75, 3.05) is 31.1 Å². The molecule has 3 rings (SSSR count). The Labute approximate surface area is 129 Å². The van der Waals surface area contributed by atoms with Gasteiger partial charge in [0.2, 0.25) is 0 Å². The van der Waals surface area contributed by atoms with Gasteiger partial charge < -0.3 is 15.0 Å². The van der Waals surface area contributed by atoms with E-state index in [1.807, 2.05) is 6.07 Å². The Morgan fingerprint density at radius 1 is 1.05 bits per heavy atom. The predicted molar refractivity (Wildman–Crippen MR) is 84.8 cm³/mol. The van der Waals surface area contributed by atoms with Crippen LogP contribution < -0.4 is 4.90 Å². The van der Waals surface area contributed by atoms with E-state index in [2.05, 4.69) is 39.0 Å². The number of anilines is 1. The van der Waals surface area contributed by atoms with Crippen molar-refractivity contribution in [3.8, 4) is 0 Å². The largest absolute Gasteiger partial charge is 0.366 e. The summed E-state index contributed by atoms with van der Waals surface area (Å²) in [7, 11) is 0. The highest BCUT2D eigenvalue weighted by atomic mass is 16.6. The van der Waals surface area contributed by atoms with Crippen molar-refractivity contribution in [2.24, 2.45) is 0 Å². The third kappa shape index (κ3) is 3.40. The fourth-order valence-electron chi connectivity index (χ4n) is 2.68. The molecule has 2 aromatic rings. The third-order valence-corrected chi connectivity index (χ3v) is 3.91. The Kier molecular flexibility index (Phi) is 4.29. The van der Waals surface area contributed by atoms with Crippen molar-refractivity contribution in [1.82, 2.24) is 9.88 Å². The average molecular weight is 298 g/mol. The van der Waals surface area contributed by atoms with Gasteiger partial charge in [0.15, 0.2) is 6.20 Å². The maximum atomic E-state index is 10.6. The zero-order valence-electron chi connectivity index (χ0n) is 12.3. The van der Waals surface area contributed by atoms with Crippen molar-refractivity contribution in [2.45, 2.75) is 6.54 Å². The summed E-state index contributed by atoms with van der Waals surface area (Å²) in [6.07, 6.45) is 1.59.